The lowest BCUT2D eigenvalue weighted by Gasteiger charge is -2.37. The van der Waals surface area contributed by atoms with Gasteiger partial charge in [0.25, 0.3) is 5.91 Å². The van der Waals surface area contributed by atoms with Gasteiger partial charge < -0.3 is 9.47 Å². The maximum Gasteiger partial charge on any atom is 0.331 e. The van der Waals surface area contributed by atoms with Crippen molar-refractivity contribution in [2.24, 2.45) is 0 Å². The number of nitrogens with zero attached hydrogens (tertiary/aromatic N) is 1. The third-order valence-electron chi connectivity index (χ3n) is 2.46. The van der Waals surface area contributed by atoms with Crippen LogP contribution in [0.4, 0.5) is 0 Å². The standard InChI is InChI=1S/C11H17NO4/c1-5-15-10(14)11(3,4)12-7-16-8(2)6-9(12)13/h6H,5,7H2,1-4H3. The minimum Gasteiger partial charge on any atom is -0.477 e. The Morgan fingerprint density at radius 2 is 2.25 bits per heavy atom. The highest BCUT2D eigenvalue weighted by atomic mass is 16.5. The summed E-state index contributed by atoms with van der Waals surface area (Å²) >= 11 is 0. The van der Waals surface area contributed by atoms with Crippen LogP contribution in [-0.2, 0) is 19.1 Å². The van der Waals surface area contributed by atoms with E-state index in [4.69, 9.17) is 9.47 Å². The van der Waals surface area contributed by atoms with Gasteiger partial charge in [0.1, 0.15) is 11.3 Å². The van der Waals surface area contributed by atoms with Crippen molar-refractivity contribution in [3.63, 3.8) is 0 Å². The molecule has 0 bridgehead atoms. The molecule has 0 aromatic rings. The Balaban J connectivity index is 2.84. The molecule has 0 N–H and O–H groups in total. The highest BCUT2D eigenvalue weighted by Crippen LogP contribution is 2.21. The lowest BCUT2D eigenvalue weighted by molar-refractivity contribution is -0.165. The summed E-state index contributed by atoms with van der Waals surface area (Å²) in [6.45, 7) is 7.08. The Bertz CT molecular complexity index is 333. The first kappa shape index (κ1) is 12.5. The zero-order valence-corrected chi connectivity index (χ0v) is 10.1. The van der Waals surface area contributed by atoms with Crippen LogP contribution in [0.15, 0.2) is 11.8 Å². The second-order valence-electron chi connectivity index (χ2n) is 4.07. The van der Waals surface area contributed by atoms with E-state index in [1.807, 2.05) is 0 Å². The van der Waals surface area contributed by atoms with Crippen LogP contribution in [0.1, 0.15) is 27.7 Å². The predicted molar refractivity (Wildman–Crippen MR) is 57.3 cm³/mol. The first-order valence-electron chi connectivity index (χ1n) is 5.19. The number of hydrogen-bond donors (Lipinski definition) is 0. The van der Waals surface area contributed by atoms with E-state index in [9.17, 15) is 9.59 Å². The van der Waals surface area contributed by atoms with Gasteiger partial charge in [-0.25, -0.2) is 4.79 Å². The maximum absolute atomic E-state index is 11.7. The molecule has 0 aromatic carbocycles. The van der Waals surface area contributed by atoms with Crippen LogP contribution in [0.3, 0.4) is 0 Å². The van der Waals surface area contributed by atoms with Crippen LogP contribution in [0, 0.1) is 0 Å². The van der Waals surface area contributed by atoms with E-state index >= 15 is 0 Å². The minimum absolute atomic E-state index is 0.0764. The molecule has 90 valence electrons. The molecule has 0 fully saturated rings. The quantitative estimate of drug-likeness (QED) is 0.676. The largest absolute Gasteiger partial charge is 0.477 e. The molecule has 16 heavy (non-hydrogen) atoms. The fraction of sp³-hybridized carbons (Fsp3) is 0.636. The summed E-state index contributed by atoms with van der Waals surface area (Å²) < 4.78 is 10.2. The molecule has 0 atom stereocenters. The number of amides is 1. The van der Waals surface area contributed by atoms with E-state index in [0.717, 1.165) is 0 Å². The highest BCUT2D eigenvalue weighted by molar-refractivity contribution is 5.93. The van der Waals surface area contributed by atoms with E-state index in [1.165, 1.54) is 11.0 Å². The molecular formula is C11H17NO4. The summed E-state index contributed by atoms with van der Waals surface area (Å²) in [6.07, 6.45) is 1.37. The summed E-state index contributed by atoms with van der Waals surface area (Å²) in [7, 11) is 0. The van der Waals surface area contributed by atoms with Crippen LogP contribution in [0.2, 0.25) is 0 Å². The molecule has 5 heteroatoms. The Morgan fingerprint density at radius 1 is 1.62 bits per heavy atom. The molecule has 0 unspecified atom stereocenters. The molecule has 1 aliphatic rings. The number of allylic oxidation sites excluding steroid dienone is 1. The molecule has 1 amide bonds. The topological polar surface area (TPSA) is 55.8 Å². The van der Waals surface area contributed by atoms with Crippen LogP contribution < -0.4 is 0 Å². The van der Waals surface area contributed by atoms with Gasteiger partial charge >= 0.3 is 5.97 Å². The second kappa shape index (κ2) is 4.55. The zero-order valence-electron chi connectivity index (χ0n) is 10.1. The first-order chi connectivity index (χ1) is 7.39. The van der Waals surface area contributed by atoms with Gasteiger partial charge in [0.05, 0.1) is 6.61 Å². The summed E-state index contributed by atoms with van der Waals surface area (Å²) in [5, 5.41) is 0. The summed E-state index contributed by atoms with van der Waals surface area (Å²) in [6, 6.07) is 0. The fourth-order valence-electron chi connectivity index (χ4n) is 1.38. The van der Waals surface area contributed by atoms with Crippen LogP contribution in [0.25, 0.3) is 0 Å². The Kier molecular flexibility index (Phi) is 3.57. The van der Waals surface area contributed by atoms with E-state index in [-0.39, 0.29) is 12.6 Å². The van der Waals surface area contributed by atoms with Crippen LogP contribution in [-0.4, -0.2) is 35.7 Å². The average Bonchev–Trinajstić information content (AvgIpc) is 2.17. The van der Waals surface area contributed by atoms with Gasteiger partial charge in [0, 0.05) is 6.08 Å². The van der Waals surface area contributed by atoms with E-state index < -0.39 is 11.5 Å². The Morgan fingerprint density at radius 3 is 2.75 bits per heavy atom. The van der Waals surface area contributed by atoms with Crippen molar-refractivity contribution in [2.45, 2.75) is 33.2 Å². The van der Waals surface area contributed by atoms with Gasteiger partial charge in [-0.15, -0.1) is 0 Å². The Hall–Kier alpha value is -1.52. The van der Waals surface area contributed by atoms with Crippen molar-refractivity contribution in [3.05, 3.63) is 11.8 Å². The monoisotopic (exact) mass is 227 g/mol. The number of ether oxygens (including phenoxy) is 2. The Labute approximate surface area is 95.0 Å². The van der Waals surface area contributed by atoms with Gasteiger partial charge in [-0.2, -0.15) is 0 Å². The molecule has 0 aliphatic carbocycles. The number of hydrogen-bond acceptors (Lipinski definition) is 4. The SMILES string of the molecule is CCOC(=O)C(C)(C)N1COC(C)=CC1=O. The number of carbonyl (C=O) groups excluding carboxylic acids is 2. The van der Waals surface area contributed by atoms with Gasteiger partial charge in [-0.05, 0) is 27.7 Å². The van der Waals surface area contributed by atoms with E-state index in [0.29, 0.717) is 12.4 Å². The lowest BCUT2D eigenvalue weighted by atomic mass is 10.0. The van der Waals surface area contributed by atoms with E-state index in [1.54, 1.807) is 27.7 Å². The van der Waals surface area contributed by atoms with Crippen molar-refractivity contribution >= 4 is 11.9 Å². The number of rotatable bonds is 3. The molecule has 0 spiro atoms. The van der Waals surface area contributed by atoms with Crippen molar-refractivity contribution in [1.29, 1.82) is 0 Å². The summed E-state index contributed by atoms with van der Waals surface area (Å²) in [5.74, 6) is -0.109. The molecule has 1 heterocycles. The van der Waals surface area contributed by atoms with E-state index in [2.05, 4.69) is 0 Å². The van der Waals surface area contributed by atoms with Crippen LogP contribution >= 0.6 is 0 Å². The predicted octanol–water partition coefficient (Wildman–Crippen LogP) is 1.05. The van der Waals surface area contributed by atoms with Crippen molar-refractivity contribution in [1.82, 2.24) is 4.90 Å². The van der Waals surface area contributed by atoms with Gasteiger partial charge in [0.15, 0.2) is 6.73 Å². The third kappa shape index (κ3) is 2.35. The molecule has 0 radical (unpaired) electrons. The van der Waals surface area contributed by atoms with Crippen molar-refractivity contribution in [3.8, 4) is 0 Å². The molecule has 1 aliphatic heterocycles. The zero-order chi connectivity index (χ0) is 12.3. The minimum atomic E-state index is -1.01. The first-order valence-corrected chi connectivity index (χ1v) is 5.19. The molecule has 5 nitrogen and oxygen atoms in total. The number of carbonyl (C=O) groups is 2. The average molecular weight is 227 g/mol. The maximum atomic E-state index is 11.7. The molecular weight excluding hydrogens is 210 g/mol. The summed E-state index contributed by atoms with van der Waals surface area (Å²) in [5.41, 5.74) is -1.01. The highest BCUT2D eigenvalue weighted by Gasteiger charge is 2.40. The third-order valence-corrected chi connectivity index (χ3v) is 2.46. The van der Waals surface area contributed by atoms with Crippen molar-refractivity contribution in [2.75, 3.05) is 13.3 Å². The van der Waals surface area contributed by atoms with Crippen molar-refractivity contribution < 1.29 is 19.1 Å². The van der Waals surface area contributed by atoms with Gasteiger partial charge in [-0.1, -0.05) is 0 Å². The van der Waals surface area contributed by atoms with Gasteiger partial charge in [-0.3, -0.25) is 9.69 Å². The molecule has 0 saturated carbocycles. The molecule has 0 saturated heterocycles. The normalized spacial score (nSPS) is 16.6. The lowest BCUT2D eigenvalue weighted by Crippen LogP contribution is -2.55. The second-order valence-corrected chi connectivity index (χ2v) is 4.07. The fourth-order valence-corrected chi connectivity index (χ4v) is 1.38. The molecule has 1 rings (SSSR count). The smallest absolute Gasteiger partial charge is 0.331 e. The summed E-state index contributed by atoms with van der Waals surface area (Å²) in [4.78, 5) is 24.8. The number of esters is 1. The molecule has 0 aromatic heterocycles. The van der Waals surface area contributed by atoms with Gasteiger partial charge in [0.2, 0.25) is 0 Å². The van der Waals surface area contributed by atoms with Crippen LogP contribution in [0.5, 0.6) is 0 Å².